The quantitative estimate of drug-likeness (QED) is 0.853. The molecule has 0 saturated heterocycles. The minimum atomic E-state index is 0.124. The lowest BCUT2D eigenvalue weighted by molar-refractivity contribution is 0.0932. The molecule has 1 heterocycles. The lowest BCUT2D eigenvalue weighted by Crippen LogP contribution is -2.31. The Balaban J connectivity index is 1.56. The van der Waals surface area contributed by atoms with Gasteiger partial charge in [-0.05, 0) is 61.1 Å². The second kappa shape index (κ2) is 6.12. The first-order valence-electron chi connectivity index (χ1n) is 8.70. The highest BCUT2D eigenvalue weighted by Crippen LogP contribution is 2.34. The Bertz CT molecular complexity index is 733. The number of aryl methyl sites for hydroxylation is 1. The summed E-state index contributed by atoms with van der Waals surface area (Å²) in [5.74, 6) is 0.876. The van der Waals surface area contributed by atoms with Gasteiger partial charge in [0.2, 0.25) is 0 Å². The zero-order valence-corrected chi connectivity index (χ0v) is 14.4. The normalized spacial score (nSPS) is 23.0. The number of amides is 1. The number of benzene rings is 1. The molecule has 1 N–H and O–H groups in total. The molecular weight excluding hydrogens is 302 g/mol. The van der Waals surface area contributed by atoms with Crippen molar-refractivity contribution in [2.75, 3.05) is 0 Å². The zero-order valence-electron chi connectivity index (χ0n) is 13.6. The Kier molecular flexibility index (Phi) is 3.98. The van der Waals surface area contributed by atoms with E-state index in [0.29, 0.717) is 0 Å². The molecule has 0 radical (unpaired) electrons. The first-order chi connectivity index (χ1) is 11.2. The molecular formula is C20H23NOS. The van der Waals surface area contributed by atoms with Crippen LogP contribution in [0.1, 0.15) is 64.2 Å². The first-order valence-corrected chi connectivity index (χ1v) is 9.58. The van der Waals surface area contributed by atoms with Gasteiger partial charge in [-0.1, -0.05) is 31.2 Å². The Morgan fingerprint density at radius 1 is 1.22 bits per heavy atom. The zero-order chi connectivity index (χ0) is 15.8. The van der Waals surface area contributed by atoms with Gasteiger partial charge in [-0.2, -0.15) is 0 Å². The van der Waals surface area contributed by atoms with E-state index in [1.54, 1.807) is 11.3 Å². The summed E-state index contributed by atoms with van der Waals surface area (Å²) in [6.07, 6.45) is 6.74. The summed E-state index contributed by atoms with van der Waals surface area (Å²) in [4.78, 5) is 14.3. The van der Waals surface area contributed by atoms with Gasteiger partial charge < -0.3 is 5.32 Å². The van der Waals surface area contributed by atoms with Crippen molar-refractivity contribution in [3.8, 4) is 0 Å². The summed E-state index contributed by atoms with van der Waals surface area (Å²) in [5.41, 5.74) is 4.95. The number of hydrogen-bond acceptors (Lipinski definition) is 2. The molecule has 1 amide bonds. The largest absolute Gasteiger partial charge is 0.345 e. The summed E-state index contributed by atoms with van der Waals surface area (Å²) in [6.45, 7) is 2.31. The summed E-state index contributed by atoms with van der Waals surface area (Å²) < 4.78 is 0. The maximum atomic E-state index is 12.8. The SMILES string of the molecule is C[C@@H]1CCc2c(C(=O)N[C@H]3CCCc4ccccc43)csc2C1. The van der Waals surface area contributed by atoms with Crippen molar-refractivity contribution in [3.05, 3.63) is 56.8 Å². The Labute approximate surface area is 141 Å². The molecule has 4 rings (SSSR count). The van der Waals surface area contributed by atoms with Gasteiger partial charge in [0, 0.05) is 10.3 Å². The number of carbonyl (C=O) groups excluding carboxylic acids is 1. The van der Waals surface area contributed by atoms with Gasteiger partial charge in [0.15, 0.2) is 0 Å². The van der Waals surface area contributed by atoms with Crippen LogP contribution in [0.5, 0.6) is 0 Å². The van der Waals surface area contributed by atoms with Crippen molar-refractivity contribution in [2.45, 2.75) is 51.5 Å². The van der Waals surface area contributed by atoms with Crippen LogP contribution in [0.15, 0.2) is 29.6 Å². The average Bonchev–Trinajstić information content (AvgIpc) is 2.98. The second-order valence-corrected chi connectivity index (χ2v) is 7.98. The van der Waals surface area contributed by atoms with Crippen LogP contribution in [-0.4, -0.2) is 5.91 Å². The van der Waals surface area contributed by atoms with Crippen LogP contribution in [0.3, 0.4) is 0 Å². The van der Waals surface area contributed by atoms with Crippen LogP contribution in [0.2, 0.25) is 0 Å². The smallest absolute Gasteiger partial charge is 0.252 e. The fourth-order valence-electron chi connectivity index (χ4n) is 4.01. The summed E-state index contributed by atoms with van der Waals surface area (Å²) in [5, 5.41) is 5.38. The molecule has 2 aliphatic carbocycles. The van der Waals surface area contributed by atoms with Crippen LogP contribution in [-0.2, 0) is 19.3 Å². The number of carbonyl (C=O) groups is 1. The Morgan fingerprint density at radius 2 is 2.09 bits per heavy atom. The van der Waals surface area contributed by atoms with Gasteiger partial charge in [-0.15, -0.1) is 11.3 Å². The predicted molar refractivity (Wildman–Crippen MR) is 95.1 cm³/mol. The van der Waals surface area contributed by atoms with Crippen molar-refractivity contribution in [1.29, 1.82) is 0 Å². The van der Waals surface area contributed by atoms with E-state index < -0.39 is 0 Å². The molecule has 0 spiro atoms. The van der Waals surface area contributed by atoms with Gasteiger partial charge in [-0.3, -0.25) is 4.79 Å². The summed E-state index contributed by atoms with van der Waals surface area (Å²) in [7, 11) is 0. The predicted octanol–water partition coefficient (Wildman–Crippen LogP) is 4.68. The van der Waals surface area contributed by atoms with Crippen LogP contribution in [0.4, 0.5) is 0 Å². The van der Waals surface area contributed by atoms with E-state index in [1.165, 1.54) is 28.0 Å². The van der Waals surface area contributed by atoms with Crippen LogP contribution < -0.4 is 5.32 Å². The van der Waals surface area contributed by atoms with E-state index in [9.17, 15) is 4.79 Å². The molecule has 120 valence electrons. The van der Waals surface area contributed by atoms with E-state index in [0.717, 1.165) is 43.6 Å². The average molecular weight is 325 g/mol. The lowest BCUT2D eigenvalue weighted by Gasteiger charge is -2.26. The van der Waals surface area contributed by atoms with Gasteiger partial charge >= 0.3 is 0 Å². The highest BCUT2D eigenvalue weighted by Gasteiger charge is 2.26. The number of nitrogens with one attached hydrogen (secondary N) is 1. The highest BCUT2D eigenvalue weighted by atomic mass is 32.1. The molecule has 2 atom stereocenters. The number of thiophene rings is 1. The molecule has 2 aliphatic rings. The van der Waals surface area contributed by atoms with E-state index in [2.05, 4.69) is 41.9 Å². The molecule has 0 bridgehead atoms. The van der Waals surface area contributed by atoms with Gasteiger partial charge in [0.1, 0.15) is 0 Å². The van der Waals surface area contributed by atoms with E-state index in [-0.39, 0.29) is 11.9 Å². The molecule has 2 nitrogen and oxygen atoms in total. The van der Waals surface area contributed by atoms with Crippen molar-refractivity contribution >= 4 is 17.2 Å². The fourth-order valence-corrected chi connectivity index (χ4v) is 5.25. The van der Waals surface area contributed by atoms with Crippen molar-refractivity contribution < 1.29 is 4.79 Å². The molecule has 1 aromatic heterocycles. The van der Waals surface area contributed by atoms with Crippen molar-refractivity contribution in [2.24, 2.45) is 5.92 Å². The minimum absolute atomic E-state index is 0.124. The minimum Gasteiger partial charge on any atom is -0.345 e. The maximum Gasteiger partial charge on any atom is 0.252 e. The van der Waals surface area contributed by atoms with Crippen LogP contribution in [0, 0.1) is 5.92 Å². The number of fused-ring (bicyclic) bond motifs is 2. The van der Waals surface area contributed by atoms with Crippen LogP contribution in [0.25, 0.3) is 0 Å². The third-order valence-corrected chi connectivity index (χ3v) is 6.37. The topological polar surface area (TPSA) is 29.1 Å². The maximum absolute atomic E-state index is 12.8. The second-order valence-electron chi connectivity index (χ2n) is 7.02. The lowest BCUT2D eigenvalue weighted by atomic mass is 9.86. The van der Waals surface area contributed by atoms with Crippen molar-refractivity contribution in [1.82, 2.24) is 5.32 Å². The molecule has 23 heavy (non-hydrogen) atoms. The fraction of sp³-hybridized carbons (Fsp3) is 0.450. The van der Waals surface area contributed by atoms with Gasteiger partial charge in [-0.25, -0.2) is 0 Å². The van der Waals surface area contributed by atoms with Crippen LogP contribution >= 0.6 is 11.3 Å². The van der Waals surface area contributed by atoms with E-state index in [4.69, 9.17) is 0 Å². The molecule has 0 aliphatic heterocycles. The summed E-state index contributed by atoms with van der Waals surface area (Å²) in [6, 6.07) is 8.72. The molecule has 2 aromatic rings. The number of rotatable bonds is 2. The first kappa shape index (κ1) is 14.9. The third kappa shape index (κ3) is 2.83. The molecule has 3 heteroatoms. The van der Waals surface area contributed by atoms with Crippen molar-refractivity contribution in [3.63, 3.8) is 0 Å². The molecule has 0 unspecified atom stereocenters. The van der Waals surface area contributed by atoms with Gasteiger partial charge in [0.05, 0.1) is 11.6 Å². The monoisotopic (exact) mass is 325 g/mol. The third-order valence-electron chi connectivity index (χ3n) is 5.32. The standard InChI is InChI=1S/C20H23NOS/c1-13-9-10-16-17(12-23-19(16)11-13)20(22)21-18-8-4-6-14-5-2-3-7-15(14)18/h2-3,5,7,12-13,18H,4,6,8-11H2,1H3,(H,21,22)/t13-,18+/m1/s1. The molecule has 1 aromatic carbocycles. The summed E-state index contributed by atoms with van der Waals surface area (Å²) >= 11 is 1.77. The number of hydrogen-bond donors (Lipinski definition) is 1. The van der Waals surface area contributed by atoms with Gasteiger partial charge in [0.25, 0.3) is 5.91 Å². The Morgan fingerprint density at radius 3 is 3.00 bits per heavy atom. The highest BCUT2D eigenvalue weighted by molar-refractivity contribution is 7.10. The molecule has 0 saturated carbocycles. The van der Waals surface area contributed by atoms with E-state index >= 15 is 0 Å². The molecule has 0 fully saturated rings. The Hall–Kier alpha value is -1.61. The van der Waals surface area contributed by atoms with E-state index in [1.807, 2.05) is 0 Å².